The fourth-order valence-corrected chi connectivity index (χ4v) is 2.58. The van der Waals surface area contributed by atoms with Crippen molar-refractivity contribution in [3.8, 4) is 0 Å². The summed E-state index contributed by atoms with van der Waals surface area (Å²) in [7, 11) is 1.54. The molecule has 0 aliphatic carbocycles. The van der Waals surface area contributed by atoms with Gasteiger partial charge in [0.05, 0.1) is 12.2 Å². The van der Waals surface area contributed by atoms with Crippen molar-refractivity contribution in [1.29, 1.82) is 0 Å². The van der Waals surface area contributed by atoms with Crippen LogP contribution >= 0.6 is 11.8 Å². The summed E-state index contributed by atoms with van der Waals surface area (Å²) in [6.45, 7) is 2.71. The van der Waals surface area contributed by atoms with Crippen molar-refractivity contribution in [3.05, 3.63) is 30.1 Å². The van der Waals surface area contributed by atoms with Crippen LogP contribution in [0.1, 0.15) is 6.92 Å². The molecule has 18 heavy (non-hydrogen) atoms. The number of hydrogen-bond donors (Lipinski definition) is 1. The first-order valence-corrected chi connectivity index (χ1v) is 6.48. The second-order valence-corrected chi connectivity index (χ2v) is 5.33. The molecule has 0 spiro atoms. The van der Waals surface area contributed by atoms with Gasteiger partial charge >= 0.3 is 6.03 Å². The first-order valence-electron chi connectivity index (χ1n) is 5.60. The van der Waals surface area contributed by atoms with E-state index in [1.54, 1.807) is 12.1 Å². The molecule has 1 aromatic carbocycles. The summed E-state index contributed by atoms with van der Waals surface area (Å²) in [6, 6.07) is 5.61. The van der Waals surface area contributed by atoms with Gasteiger partial charge in [-0.05, 0) is 18.2 Å². The van der Waals surface area contributed by atoms with Crippen LogP contribution in [0.15, 0.2) is 29.3 Å². The Morgan fingerprint density at radius 3 is 2.94 bits per heavy atom. The number of benzene rings is 1. The van der Waals surface area contributed by atoms with Gasteiger partial charge in [-0.1, -0.05) is 24.8 Å². The topological polar surface area (TPSA) is 44.7 Å². The number of nitrogens with one attached hydrogen (secondary N) is 1. The molecule has 1 aromatic rings. The molecular formula is C12H14FN3OS. The third kappa shape index (κ3) is 2.64. The Morgan fingerprint density at radius 1 is 1.61 bits per heavy atom. The third-order valence-electron chi connectivity index (χ3n) is 2.46. The summed E-state index contributed by atoms with van der Waals surface area (Å²) < 4.78 is 13.3. The van der Waals surface area contributed by atoms with E-state index in [-0.39, 0.29) is 11.8 Å². The highest BCUT2D eigenvalue weighted by Gasteiger charge is 2.26. The van der Waals surface area contributed by atoms with Crippen molar-refractivity contribution in [2.24, 2.45) is 4.99 Å². The zero-order valence-electron chi connectivity index (χ0n) is 10.2. The van der Waals surface area contributed by atoms with Gasteiger partial charge in [0.1, 0.15) is 5.82 Å². The van der Waals surface area contributed by atoms with Crippen LogP contribution in [0.3, 0.4) is 0 Å². The van der Waals surface area contributed by atoms with Crippen molar-refractivity contribution in [1.82, 2.24) is 5.32 Å². The van der Waals surface area contributed by atoms with E-state index in [1.807, 2.05) is 6.92 Å². The number of urea groups is 1. The average Bonchev–Trinajstić information content (AvgIpc) is 2.76. The van der Waals surface area contributed by atoms with Gasteiger partial charge in [0.2, 0.25) is 0 Å². The highest BCUT2D eigenvalue weighted by molar-refractivity contribution is 8.15. The molecule has 0 radical (unpaired) electrons. The summed E-state index contributed by atoms with van der Waals surface area (Å²) in [5.74, 6) is -0.377. The van der Waals surface area contributed by atoms with Gasteiger partial charge in [-0.25, -0.2) is 14.1 Å². The van der Waals surface area contributed by atoms with E-state index in [0.29, 0.717) is 22.6 Å². The molecule has 1 aliphatic heterocycles. The van der Waals surface area contributed by atoms with Crippen LogP contribution < -0.4 is 10.2 Å². The number of hydrogen-bond acceptors (Lipinski definition) is 3. The highest BCUT2D eigenvalue weighted by atomic mass is 32.2. The fourth-order valence-electron chi connectivity index (χ4n) is 1.63. The van der Waals surface area contributed by atoms with Crippen LogP contribution in [0.2, 0.25) is 0 Å². The lowest BCUT2D eigenvalue weighted by molar-refractivity contribution is 0.251. The Balaban J connectivity index is 2.34. The second-order valence-electron chi connectivity index (χ2n) is 3.92. The number of amides is 2. The SMILES string of the molecule is CNC(=O)N(C1=NC[C@H](C)S1)c1cccc(F)c1. The minimum Gasteiger partial charge on any atom is -0.340 e. The molecule has 1 N–H and O–H groups in total. The van der Waals surface area contributed by atoms with Crippen LogP contribution in [0.5, 0.6) is 0 Å². The molecule has 6 heteroatoms. The van der Waals surface area contributed by atoms with Crippen LogP contribution in [-0.4, -0.2) is 30.0 Å². The van der Waals surface area contributed by atoms with E-state index in [0.717, 1.165) is 0 Å². The van der Waals surface area contributed by atoms with Crippen molar-refractivity contribution in [2.45, 2.75) is 12.2 Å². The van der Waals surface area contributed by atoms with Gasteiger partial charge in [0.25, 0.3) is 0 Å². The number of halogens is 1. The Labute approximate surface area is 109 Å². The Kier molecular flexibility index (Phi) is 3.86. The zero-order valence-corrected chi connectivity index (χ0v) is 11.0. The van der Waals surface area contributed by atoms with Crippen molar-refractivity contribution >= 4 is 28.6 Å². The normalized spacial score (nSPS) is 18.4. The van der Waals surface area contributed by atoms with E-state index >= 15 is 0 Å². The summed E-state index contributed by atoms with van der Waals surface area (Å²) in [5, 5.41) is 3.48. The summed E-state index contributed by atoms with van der Waals surface area (Å²) >= 11 is 1.51. The maximum absolute atomic E-state index is 13.3. The van der Waals surface area contributed by atoms with Gasteiger partial charge in [-0.2, -0.15) is 0 Å². The fraction of sp³-hybridized carbons (Fsp3) is 0.333. The van der Waals surface area contributed by atoms with E-state index in [2.05, 4.69) is 10.3 Å². The first-order chi connectivity index (χ1) is 8.61. The van der Waals surface area contributed by atoms with Crippen LogP contribution in [0.4, 0.5) is 14.9 Å². The highest BCUT2D eigenvalue weighted by Crippen LogP contribution is 2.27. The smallest absolute Gasteiger partial charge is 0.327 e. The van der Waals surface area contributed by atoms with Crippen LogP contribution in [0.25, 0.3) is 0 Å². The molecule has 1 aliphatic rings. The molecule has 2 amide bonds. The molecule has 2 rings (SSSR count). The third-order valence-corrected chi connectivity index (χ3v) is 3.54. The van der Waals surface area contributed by atoms with Crippen molar-refractivity contribution in [3.63, 3.8) is 0 Å². The molecular weight excluding hydrogens is 253 g/mol. The molecule has 0 saturated carbocycles. The molecule has 4 nitrogen and oxygen atoms in total. The molecule has 0 saturated heterocycles. The lowest BCUT2D eigenvalue weighted by atomic mass is 10.3. The summed E-state index contributed by atoms with van der Waals surface area (Å²) in [5.41, 5.74) is 0.481. The predicted molar refractivity (Wildman–Crippen MR) is 72.7 cm³/mol. The molecule has 0 bridgehead atoms. The van der Waals surface area contributed by atoms with Gasteiger partial charge in [0, 0.05) is 12.3 Å². The quantitative estimate of drug-likeness (QED) is 0.849. The Hall–Kier alpha value is -1.56. The maximum Gasteiger partial charge on any atom is 0.327 e. The van der Waals surface area contributed by atoms with Crippen molar-refractivity contribution < 1.29 is 9.18 Å². The largest absolute Gasteiger partial charge is 0.340 e. The van der Waals surface area contributed by atoms with E-state index < -0.39 is 0 Å². The number of nitrogens with zero attached hydrogens (tertiary/aromatic N) is 2. The van der Waals surface area contributed by atoms with Gasteiger partial charge < -0.3 is 5.32 Å². The van der Waals surface area contributed by atoms with Crippen LogP contribution in [0, 0.1) is 5.82 Å². The van der Waals surface area contributed by atoms with E-state index in [9.17, 15) is 9.18 Å². The number of aliphatic imine (C=N–C) groups is 1. The van der Waals surface area contributed by atoms with Gasteiger partial charge in [-0.15, -0.1) is 0 Å². The second kappa shape index (κ2) is 5.39. The molecule has 0 unspecified atom stereocenters. The first kappa shape index (κ1) is 12.9. The average molecular weight is 267 g/mol. The molecule has 96 valence electrons. The van der Waals surface area contributed by atoms with Gasteiger partial charge in [-0.3, -0.25) is 4.99 Å². The number of thioether (sulfide) groups is 1. The lowest BCUT2D eigenvalue weighted by Gasteiger charge is -2.21. The van der Waals surface area contributed by atoms with Gasteiger partial charge in [0.15, 0.2) is 5.17 Å². The van der Waals surface area contributed by atoms with Crippen molar-refractivity contribution in [2.75, 3.05) is 18.5 Å². The summed E-state index contributed by atoms with van der Waals surface area (Å²) in [6.07, 6.45) is 0. The van der Waals surface area contributed by atoms with E-state index in [4.69, 9.17) is 0 Å². The molecule has 0 aromatic heterocycles. The Morgan fingerprint density at radius 2 is 2.39 bits per heavy atom. The Bertz CT molecular complexity index is 492. The van der Waals surface area contributed by atoms with E-state index in [1.165, 1.54) is 35.8 Å². The monoisotopic (exact) mass is 267 g/mol. The number of amidine groups is 1. The van der Waals surface area contributed by atoms with Crippen LogP contribution in [-0.2, 0) is 0 Å². The minimum atomic E-state index is -0.377. The number of carbonyl (C=O) groups excluding carboxylic acids is 1. The maximum atomic E-state index is 13.3. The molecule has 1 heterocycles. The summed E-state index contributed by atoms with van der Waals surface area (Å²) in [4.78, 5) is 17.6. The molecule has 0 fully saturated rings. The number of carbonyl (C=O) groups is 1. The standard InChI is InChI=1S/C12H14FN3OS/c1-8-7-15-12(18-8)16(11(17)14-2)10-5-3-4-9(13)6-10/h3-6,8H,7H2,1-2H3,(H,14,17)/t8-/m0/s1. The minimum absolute atomic E-state index is 0.319. The number of rotatable bonds is 1. The number of anilines is 1. The lowest BCUT2D eigenvalue weighted by Crippen LogP contribution is -2.41. The predicted octanol–water partition coefficient (Wildman–Crippen LogP) is 2.46. The zero-order chi connectivity index (χ0) is 13.1. The molecule has 1 atom stereocenters.